The van der Waals surface area contributed by atoms with Gasteiger partial charge in [-0.2, -0.15) is 0 Å². The SMILES string of the molecule is Cc1ccc(CC(B(c2c(F)c(F)c(F)c(F)c2F)c2c(F)c(F)c(F)c(F)c2F)[Si](C)(C)C)cc1. The number of hydrogen-bond donors (Lipinski definition) is 0. The van der Waals surface area contributed by atoms with E-state index < -0.39 is 89.3 Å². The molecule has 0 amide bonds. The van der Waals surface area contributed by atoms with E-state index in [1.54, 1.807) is 50.8 Å². The molecule has 1 unspecified atom stereocenters. The third-order valence-corrected chi connectivity index (χ3v) is 8.96. The second-order valence-electron chi connectivity index (χ2n) is 9.61. The zero-order valence-electron chi connectivity index (χ0n) is 19.5. The van der Waals surface area contributed by atoms with E-state index in [0.29, 0.717) is 5.56 Å². The molecule has 0 aromatic heterocycles. The summed E-state index contributed by atoms with van der Waals surface area (Å²) >= 11 is 0. The lowest BCUT2D eigenvalue weighted by Gasteiger charge is -2.35. The summed E-state index contributed by atoms with van der Waals surface area (Å²) in [5, 5.41) is 0. The van der Waals surface area contributed by atoms with E-state index >= 15 is 17.6 Å². The van der Waals surface area contributed by atoms with Crippen molar-refractivity contribution in [1.29, 1.82) is 0 Å². The minimum atomic E-state index is -2.94. The minimum absolute atomic E-state index is 0.209. The normalized spacial score (nSPS) is 12.7. The topological polar surface area (TPSA) is 0 Å². The zero-order chi connectivity index (χ0) is 27.3. The lowest BCUT2D eigenvalue weighted by molar-refractivity contribution is 0.382. The third-order valence-electron chi connectivity index (χ3n) is 6.20. The fraction of sp³-hybridized carbons (Fsp3) is 0.250. The summed E-state index contributed by atoms with van der Waals surface area (Å²) in [7, 11) is -2.94. The molecular formula is C24H19BF10Si. The molecule has 0 aliphatic heterocycles. The van der Waals surface area contributed by atoms with Crippen LogP contribution in [0, 0.1) is 65.1 Å². The molecule has 12 heteroatoms. The fourth-order valence-corrected chi connectivity index (χ4v) is 6.42. The van der Waals surface area contributed by atoms with Crippen LogP contribution in [0.1, 0.15) is 11.1 Å². The first-order valence-corrected chi connectivity index (χ1v) is 14.2. The van der Waals surface area contributed by atoms with Crippen molar-refractivity contribution in [3.05, 3.63) is 93.6 Å². The molecular weight excluding hydrogens is 517 g/mol. The molecule has 192 valence electrons. The van der Waals surface area contributed by atoms with E-state index in [-0.39, 0.29) is 6.42 Å². The van der Waals surface area contributed by atoms with Crippen molar-refractivity contribution in [2.75, 3.05) is 0 Å². The maximum absolute atomic E-state index is 15.0. The first-order chi connectivity index (χ1) is 16.6. The molecule has 0 saturated heterocycles. The van der Waals surface area contributed by atoms with Gasteiger partial charge in [-0.3, -0.25) is 0 Å². The van der Waals surface area contributed by atoms with Crippen LogP contribution in [0.3, 0.4) is 0 Å². The molecule has 1 atom stereocenters. The molecule has 0 saturated carbocycles. The van der Waals surface area contributed by atoms with Gasteiger partial charge in [-0.05, 0) is 18.9 Å². The summed E-state index contributed by atoms with van der Waals surface area (Å²) in [5.74, 6) is -24.3. The number of benzene rings is 3. The molecule has 3 rings (SSSR count). The Bertz CT molecular complexity index is 1190. The smallest absolute Gasteiger partial charge is 0.204 e. The quantitative estimate of drug-likeness (QED) is 0.146. The summed E-state index contributed by atoms with van der Waals surface area (Å²) in [6.07, 6.45) is -0.209. The van der Waals surface area contributed by atoms with Crippen molar-refractivity contribution in [3.8, 4) is 0 Å². The average Bonchev–Trinajstić information content (AvgIpc) is 2.82. The Balaban J connectivity index is 2.48. The van der Waals surface area contributed by atoms with Crippen LogP contribution in [0.15, 0.2) is 24.3 Å². The van der Waals surface area contributed by atoms with Crippen LogP contribution in [0.25, 0.3) is 0 Å². The van der Waals surface area contributed by atoms with E-state index in [0.717, 1.165) is 5.56 Å². The van der Waals surface area contributed by atoms with Crippen molar-refractivity contribution >= 4 is 25.7 Å². The van der Waals surface area contributed by atoms with Crippen LogP contribution >= 0.6 is 0 Å². The summed E-state index contributed by atoms with van der Waals surface area (Å²) in [6.45, 7) is 4.10. The van der Waals surface area contributed by atoms with Gasteiger partial charge in [0.25, 0.3) is 0 Å². The molecule has 0 spiro atoms. The first-order valence-electron chi connectivity index (χ1n) is 10.7. The van der Waals surface area contributed by atoms with Crippen molar-refractivity contribution in [2.24, 2.45) is 0 Å². The third kappa shape index (κ3) is 4.79. The molecule has 0 aliphatic carbocycles. The molecule has 3 aromatic rings. The number of rotatable bonds is 6. The highest BCUT2D eigenvalue weighted by Gasteiger charge is 2.47. The van der Waals surface area contributed by atoms with Crippen LogP contribution in [0.2, 0.25) is 25.1 Å². The van der Waals surface area contributed by atoms with Crippen LogP contribution in [-0.4, -0.2) is 14.8 Å². The van der Waals surface area contributed by atoms with Gasteiger partial charge >= 0.3 is 0 Å². The van der Waals surface area contributed by atoms with E-state index in [1.165, 1.54) is 0 Å². The lowest BCUT2D eigenvalue weighted by atomic mass is 9.37. The highest BCUT2D eigenvalue weighted by atomic mass is 28.3. The van der Waals surface area contributed by atoms with Gasteiger partial charge in [0, 0.05) is 19.0 Å². The maximum atomic E-state index is 15.0. The molecule has 3 aromatic carbocycles. The van der Waals surface area contributed by atoms with Gasteiger partial charge in [-0.25, -0.2) is 43.9 Å². The Kier molecular flexibility index (Phi) is 7.69. The largest absolute Gasteiger partial charge is 0.226 e. The van der Waals surface area contributed by atoms with Gasteiger partial charge in [-0.1, -0.05) is 54.9 Å². The van der Waals surface area contributed by atoms with Gasteiger partial charge in [0.05, 0.1) is 0 Å². The second-order valence-corrected chi connectivity index (χ2v) is 15.1. The molecule has 0 nitrogen and oxygen atoms in total. The second kappa shape index (κ2) is 9.95. The molecule has 0 N–H and O–H groups in total. The van der Waals surface area contributed by atoms with E-state index in [1.807, 2.05) is 0 Å². The standard InChI is InChI=1S/C24H19BF10Si/c1-10-5-7-11(8-6-10)9-12(36(2,3)4)25(13-15(26)19(30)23(34)20(31)16(13)27)14-17(28)21(32)24(35)22(33)18(14)29/h5-8,12H,9H2,1-4H3. The minimum Gasteiger partial charge on any atom is -0.204 e. The predicted octanol–water partition coefficient (Wildman–Crippen LogP) is 6.49. The Hall–Kier alpha value is -2.76. The summed E-state index contributed by atoms with van der Waals surface area (Å²) < 4.78 is 144. The molecule has 0 bridgehead atoms. The van der Waals surface area contributed by atoms with E-state index in [4.69, 9.17) is 0 Å². The van der Waals surface area contributed by atoms with Gasteiger partial charge in [0.15, 0.2) is 58.2 Å². The van der Waals surface area contributed by atoms with Crippen molar-refractivity contribution in [2.45, 2.75) is 38.4 Å². The predicted molar refractivity (Wildman–Crippen MR) is 119 cm³/mol. The van der Waals surface area contributed by atoms with Gasteiger partial charge in [0.2, 0.25) is 6.71 Å². The molecule has 0 aliphatic rings. The Morgan fingerprint density at radius 2 is 0.861 bits per heavy atom. The van der Waals surface area contributed by atoms with E-state index in [9.17, 15) is 26.3 Å². The van der Waals surface area contributed by atoms with Crippen molar-refractivity contribution < 1.29 is 43.9 Å². The first kappa shape index (κ1) is 27.8. The zero-order valence-corrected chi connectivity index (χ0v) is 20.5. The Labute approximate surface area is 202 Å². The van der Waals surface area contributed by atoms with Crippen molar-refractivity contribution in [3.63, 3.8) is 0 Å². The number of hydrogen-bond acceptors (Lipinski definition) is 0. The number of aryl methyl sites for hydroxylation is 1. The Morgan fingerprint density at radius 1 is 0.556 bits per heavy atom. The summed E-state index contributed by atoms with van der Waals surface area (Å²) in [5.41, 5.74) is -3.31. The van der Waals surface area contributed by atoms with Crippen LogP contribution < -0.4 is 10.9 Å². The molecule has 0 heterocycles. The Morgan fingerprint density at radius 3 is 1.17 bits per heavy atom. The lowest BCUT2D eigenvalue weighted by Crippen LogP contribution is -2.59. The average molecular weight is 536 g/mol. The van der Waals surface area contributed by atoms with Gasteiger partial charge in [-0.15, -0.1) is 0 Å². The molecule has 0 fully saturated rings. The van der Waals surface area contributed by atoms with Crippen LogP contribution in [0.5, 0.6) is 0 Å². The van der Waals surface area contributed by atoms with Gasteiger partial charge < -0.3 is 0 Å². The van der Waals surface area contributed by atoms with Gasteiger partial charge in [0.1, 0.15) is 0 Å². The highest BCUT2D eigenvalue weighted by Crippen LogP contribution is 2.33. The van der Waals surface area contributed by atoms with Crippen molar-refractivity contribution in [1.82, 2.24) is 0 Å². The monoisotopic (exact) mass is 536 g/mol. The van der Waals surface area contributed by atoms with Crippen LogP contribution in [0.4, 0.5) is 43.9 Å². The summed E-state index contributed by atoms with van der Waals surface area (Å²) in [6, 6.07) is 6.47. The maximum Gasteiger partial charge on any atom is 0.226 e. The molecule has 36 heavy (non-hydrogen) atoms. The molecule has 0 radical (unpaired) electrons. The number of halogens is 10. The van der Waals surface area contributed by atoms with Crippen LogP contribution in [-0.2, 0) is 6.42 Å². The highest BCUT2D eigenvalue weighted by molar-refractivity contribution is 7.00. The summed E-state index contributed by atoms with van der Waals surface area (Å²) in [4.78, 5) is 0. The van der Waals surface area contributed by atoms with E-state index in [2.05, 4.69) is 0 Å². The fourth-order valence-electron chi connectivity index (χ4n) is 4.24.